The minimum Gasteiger partial charge on any atom is -0.383 e. The summed E-state index contributed by atoms with van der Waals surface area (Å²) in [4.78, 5) is 16.5. The average molecular weight is 305 g/mol. The van der Waals surface area contributed by atoms with Crippen LogP contribution in [-0.4, -0.2) is 61.6 Å². The van der Waals surface area contributed by atoms with Crippen molar-refractivity contribution in [3.63, 3.8) is 0 Å². The Labute approximate surface area is 133 Å². The number of nitrogens with two attached hydrogens (primary N) is 1. The van der Waals surface area contributed by atoms with Gasteiger partial charge in [0.05, 0.1) is 6.61 Å². The Morgan fingerprint density at radius 1 is 1.36 bits per heavy atom. The van der Waals surface area contributed by atoms with E-state index in [1.807, 2.05) is 18.0 Å². The minimum absolute atomic E-state index is 0.0247. The highest BCUT2D eigenvalue weighted by Gasteiger charge is 2.27. The Morgan fingerprint density at radius 3 is 2.59 bits per heavy atom. The summed E-state index contributed by atoms with van der Waals surface area (Å²) in [7, 11) is 3.42. The van der Waals surface area contributed by atoms with Crippen LogP contribution in [0.5, 0.6) is 0 Å². The zero-order chi connectivity index (χ0) is 15.9. The fraction of sp³-hybridized carbons (Fsp3) is 0.588. The molecule has 1 unspecified atom stereocenters. The molecule has 5 heteroatoms. The monoisotopic (exact) mass is 305 g/mol. The number of carbonyl (C=O) groups is 1. The number of likely N-dealkylation sites (N-methyl/N-ethyl adjacent to an activating group) is 1. The Bertz CT molecular complexity index is 458. The minimum atomic E-state index is -0.558. The van der Waals surface area contributed by atoms with Gasteiger partial charge in [-0.3, -0.25) is 9.69 Å². The van der Waals surface area contributed by atoms with E-state index in [-0.39, 0.29) is 18.6 Å². The summed E-state index contributed by atoms with van der Waals surface area (Å²) in [5, 5.41) is 0. The summed E-state index contributed by atoms with van der Waals surface area (Å²) in [5.74, 6) is -0.0247. The van der Waals surface area contributed by atoms with Crippen molar-refractivity contribution in [2.75, 3.05) is 33.9 Å². The first-order chi connectivity index (χ1) is 10.6. The highest BCUT2D eigenvalue weighted by Crippen LogP contribution is 2.18. The van der Waals surface area contributed by atoms with Crippen LogP contribution in [0.25, 0.3) is 0 Å². The molecule has 0 saturated carbocycles. The van der Waals surface area contributed by atoms with E-state index in [1.165, 1.54) is 5.56 Å². The van der Waals surface area contributed by atoms with Crippen LogP contribution in [0.4, 0.5) is 0 Å². The van der Waals surface area contributed by atoms with E-state index in [2.05, 4.69) is 29.2 Å². The molecule has 0 spiro atoms. The zero-order valence-corrected chi connectivity index (χ0v) is 13.6. The lowest BCUT2D eigenvalue weighted by atomic mass is 10.0. The van der Waals surface area contributed by atoms with E-state index in [1.54, 1.807) is 7.11 Å². The van der Waals surface area contributed by atoms with Crippen LogP contribution in [0.3, 0.4) is 0 Å². The first-order valence-corrected chi connectivity index (χ1v) is 7.89. The Balaban J connectivity index is 1.80. The highest BCUT2D eigenvalue weighted by atomic mass is 16.5. The molecule has 22 heavy (non-hydrogen) atoms. The van der Waals surface area contributed by atoms with Crippen molar-refractivity contribution in [1.29, 1.82) is 0 Å². The number of rotatable bonds is 6. The molecule has 1 aromatic carbocycles. The van der Waals surface area contributed by atoms with E-state index in [9.17, 15) is 4.79 Å². The molecule has 1 aliphatic rings. The molecule has 1 atom stereocenters. The van der Waals surface area contributed by atoms with Gasteiger partial charge in [-0.15, -0.1) is 0 Å². The van der Waals surface area contributed by atoms with Gasteiger partial charge < -0.3 is 15.4 Å². The third kappa shape index (κ3) is 4.53. The van der Waals surface area contributed by atoms with Gasteiger partial charge in [0.15, 0.2) is 0 Å². The first kappa shape index (κ1) is 16.9. The van der Waals surface area contributed by atoms with Gasteiger partial charge in [-0.25, -0.2) is 0 Å². The van der Waals surface area contributed by atoms with Crippen LogP contribution in [0.1, 0.15) is 18.4 Å². The fourth-order valence-electron chi connectivity index (χ4n) is 3.00. The van der Waals surface area contributed by atoms with E-state index in [4.69, 9.17) is 10.5 Å². The second kappa shape index (κ2) is 8.27. The summed E-state index contributed by atoms with van der Waals surface area (Å²) >= 11 is 0. The van der Waals surface area contributed by atoms with E-state index < -0.39 is 6.04 Å². The number of hydrogen-bond acceptors (Lipinski definition) is 4. The molecule has 2 N–H and O–H groups in total. The van der Waals surface area contributed by atoms with Crippen molar-refractivity contribution in [3.8, 4) is 0 Å². The summed E-state index contributed by atoms with van der Waals surface area (Å²) in [5.41, 5.74) is 7.18. The highest BCUT2D eigenvalue weighted by molar-refractivity contribution is 5.81. The lowest BCUT2D eigenvalue weighted by Crippen LogP contribution is -2.51. The van der Waals surface area contributed by atoms with E-state index in [0.29, 0.717) is 0 Å². The summed E-state index contributed by atoms with van der Waals surface area (Å²) in [6, 6.07) is 10.2. The predicted molar refractivity (Wildman–Crippen MR) is 87.4 cm³/mol. The maximum absolute atomic E-state index is 12.2. The number of likely N-dealkylation sites (tertiary alicyclic amines) is 1. The number of nitrogens with zero attached hydrogens (tertiary/aromatic N) is 2. The molecule has 5 nitrogen and oxygen atoms in total. The second-order valence-corrected chi connectivity index (χ2v) is 6.00. The lowest BCUT2D eigenvalue weighted by Gasteiger charge is -2.37. The molecule has 1 fully saturated rings. The number of amides is 1. The Morgan fingerprint density at radius 2 is 2.00 bits per heavy atom. The maximum Gasteiger partial charge on any atom is 0.241 e. The topological polar surface area (TPSA) is 58.8 Å². The Kier molecular flexibility index (Phi) is 6.36. The van der Waals surface area contributed by atoms with Gasteiger partial charge in [0.25, 0.3) is 0 Å². The van der Waals surface area contributed by atoms with Gasteiger partial charge in [-0.05, 0) is 18.4 Å². The summed E-state index contributed by atoms with van der Waals surface area (Å²) in [6.45, 7) is 3.28. The zero-order valence-electron chi connectivity index (χ0n) is 13.6. The van der Waals surface area contributed by atoms with E-state index in [0.717, 1.165) is 32.5 Å². The van der Waals surface area contributed by atoms with E-state index >= 15 is 0 Å². The molecular weight excluding hydrogens is 278 g/mol. The van der Waals surface area contributed by atoms with Crippen LogP contribution in [-0.2, 0) is 16.1 Å². The second-order valence-electron chi connectivity index (χ2n) is 6.00. The van der Waals surface area contributed by atoms with Crippen LogP contribution in [0.15, 0.2) is 30.3 Å². The molecule has 1 aliphatic heterocycles. The molecule has 2 rings (SSSR count). The fourth-order valence-corrected chi connectivity index (χ4v) is 3.00. The normalized spacial score (nSPS) is 18.1. The Hall–Kier alpha value is -1.43. The third-order valence-electron chi connectivity index (χ3n) is 4.36. The van der Waals surface area contributed by atoms with Crippen LogP contribution in [0.2, 0.25) is 0 Å². The van der Waals surface area contributed by atoms with Crippen molar-refractivity contribution < 1.29 is 9.53 Å². The summed E-state index contributed by atoms with van der Waals surface area (Å²) < 4.78 is 4.96. The van der Waals surface area contributed by atoms with Gasteiger partial charge in [-0.2, -0.15) is 0 Å². The number of benzene rings is 1. The number of piperidine rings is 1. The molecule has 1 aromatic rings. The molecule has 122 valence electrons. The van der Waals surface area contributed by atoms with Gasteiger partial charge in [0, 0.05) is 39.8 Å². The van der Waals surface area contributed by atoms with Gasteiger partial charge in [-0.1, -0.05) is 30.3 Å². The van der Waals surface area contributed by atoms with Crippen molar-refractivity contribution in [1.82, 2.24) is 9.80 Å². The van der Waals surface area contributed by atoms with Crippen molar-refractivity contribution in [3.05, 3.63) is 35.9 Å². The molecular formula is C17H27N3O2. The molecule has 1 saturated heterocycles. The molecule has 0 radical (unpaired) electrons. The number of hydrogen-bond donors (Lipinski definition) is 1. The third-order valence-corrected chi connectivity index (χ3v) is 4.36. The smallest absolute Gasteiger partial charge is 0.241 e. The number of carbonyl (C=O) groups excluding carboxylic acids is 1. The standard InChI is InChI=1S/C17H27N3O2/c1-19(17(21)16(18)13-22-2)15-8-10-20(11-9-15)12-14-6-4-3-5-7-14/h3-7,15-16H,8-13,18H2,1-2H3. The predicted octanol–water partition coefficient (Wildman–Crippen LogP) is 1.08. The quantitative estimate of drug-likeness (QED) is 0.854. The summed E-state index contributed by atoms with van der Waals surface area (Å²) in [6.07, 6.45) is 1.99. The lowest BCUT2D eigenvalue weighted by molar-refractivity contribution is -0.135. The molecule has 1 heterocycles. The largest absolute Gasteiger partial charge is 0.383 e. The molecule has 0 bridgehead atoms. The van der Waals surface area contributed by atoms with Gasteiger partial charge in [0.2, 0.25) is 5.91 Å². The molecule has 0 aliphatic carbocycles. The van der Waals surface area contributed by atoms with Crippen molar-refractivity contribution >= 4 is 5.91 Å². The SMILES string of the molecule is COCC(N)C(=O)N(C)C1CCN(Cc2ccccc2)CC1. The van der Waals surface area contributed by atoms with Crippen LogP contribution >= 0.6 is 0 Å². The van der Waals surface area contributed by atoms with Crippen molar-refractivity contribution in [2.24, 2.45) is 5.73 Å². The average Bonchev–Trinajstić information content (AvgIpc) is 2.55. The maximum atomic E-state index is 12.2. The first-order valence-electron chi connectivity index (χ1n) is 7.89. The number of methoxy groups -OCH3 is 1. The van der Waals surface area contributed by atoms with Crippen LogP contribution in [0, 0.1) is 0 Å². The molecule has 1 amide bonds. The molecule has 0 aromatic heterocycles. The van der Waals surface area contributed by atoms with Gasteiger partial charge in [0.1, 0.15) is 6.04 Å². The van der Waals surface area contributed by atoms with Crippen LogP contribution < -0.4 is 5.73 Å². The number of ether oxygens (including phenoxy) is 1. The van der Waals surface area contributed by atoms with Crippen molar-refractivity contribution in [2.45, 2.75) is 31.5 Å². The van der Waals surface area contributed by atoms with Gasteiger partial charge >= 0.3 is 0 Å².